The van der Waals surface area contributed by atoms with E-state index in [0.29, 0.717) is 12.0 Å². The molecule has 7 nitrogen and oxygen atoms in total. The number of halogens is 2. The molecule has 1 aliphatic heterocycles. The number of amides is 1. The first-order chi connectivity index (χ1) is 16.7. The third kappa shape index (κ3) is 6.42. The summed E-state index contributed by atoms with van der Waals surface area (Å²) in [6.45, 7) is 9.14. The molecule has 2 aliphatic rings. The van der Waals surface area contributed by atoms with Crippen molar-refractivity contribution in [1.82, 2.24) is 30.0 Å². The van der Waals surface area contributed by atoms with E-state index in [1.54, 1.807) is 12.4 Å². The number of alkyl halides is 2. The maximum atomic E-state index is 13.5. The summed E-state index contributed by atoms with van der Waals surface area (Å²) in [7, 11) is 0. The Morgan fingerprint density at radius 3 is 2.51 bits per heavy atom. The molecular formula is C26H38F2N6O. The molecule has 9 heteroatoms. The van der Waals surface area contributed by atoms with Crippen molar-refractivity contribution in [3.63, 3.8) is 0 Å². The van der Waals surface area contributed by atoms with E-state index in [4.69, 9.17) is 0 Å². The Kier molecular flexibility index (Phi) is 8.14. The first-order valence-corrected chi connectivity index (χ1v) is 13.0. The molecule has 2 fully saturated rings. The first-order valence-electron chi connectivity index (χ1n) is 13.0. The van der Waals surface area contributed by atoms with Gasteiger partial charge in [0.2, 0.25) is 11.8 Å². The number of hydrogen-bond donors (Lipinski definition) is 1. The monoisotopic (exact) mass is 488 g/mol. The van der Waals surface area contributed by atoms with Crippen LogP contribution in [0.3, 0.4) is 0 Å². The van der Waals surface area contributed by atoms with Crippen molar-refractivity contribution >= 4 is 5.91 Å². The lowest BCUT2D eigenvalue weighted by atomic mass is 9.86. The Hall–Kier alpha value is -2.42. The number of likely N-dealkylation sites (tertiary alicyclic amines) is 1. The van der Waals surface area contributed by atoms with Crippen molar-refractivity contribution in [3.8, 4) is 0 Å². The smallest absolute Gasteiger partial charge is 0.248 e. The zero-order chi connectivity index (χ0) is 25.0. The van der Waals surface area contributed by atoms with Crippen LogP contribution >= 0.6 is 0 Å². The second-order valence-corrected chi connectivity index (χ2v) is 10.5. The largest absolute Gasteiger partial charge is 0.349 e. The normalized spacial score (nSPS) is 20.7. The summed E-state index contributed by atoms with van der Waals surface area (Å²) in [5, 5.41) is 11.9. The molecule has 1 saturated heterocycles. The maximum absolute atomic E-state index is 13.5. The molecule has 4 rings (SSSR count). The van der Waals surface area contributed by atoms with Crippen LogP contribution in [0.1, 0.15) is 94.0 Å². The van der Waals surface area contributed by atoms with Crippen LogP contribution in [0.25, 0.3) is 0 Å². The summed E-state index contributed by atoms with van der Waals surface area (Å²) >= 11 is 0. The summed E-state index contributed by atoms with van der Waals surface area (Å²) in [6, 6.07) is 4.08. The minimum absolute atomic E-state index is 0.114. The van der Waals surface area contributed by atoms with Gasteiger partial charge in [-0.25, -0.2) is 8.78 Å². The third-order valence-corrected chi connectivity index (χ3v) is 7.56. The first kappa shape index (κ1) is 25.7. The molecule has 1 aliphatic carbocycles. The second kappa shape index (κ2) is 11.1. The number of nitrogens with zero attached hydrogens (tertiary/aromatic N) is 5. The Balaban J connectivity index is 1.33. The number of rotatable bonds is 8. The Labute approximate surface area is 206 Å². The van der Waals surface area contributed by atoms with Crippen LogP contribution in [0.4, 0.5) is 8.78 Å². The van der Waals surface area contributed by atoms with Crippen LogP contribution in [0.5, 0.6) is 0 Å². The number of aromatic nitrogens is 4. The highest BCUT2D eigenvalue weighted by Crippen LogP contribution is 2.36. The maximum Gasteiger partial charge on any atom is 0.248 e. The Bertz CT molecular complexity index is 961. The molecule has 35 heavy (non-hydrogen) atoms. The summed E-state index contributed by atoms with van der Waals surface area (Å²) in [5.41, 5.74) is 0.957. The van der Waals surface area contributed by atoms with Crippen LogP contribution in [0, 0.1) is 12.8 Å². The molecule has 0 spiro atoms. The Morgan fingerprint density at radius 1 is 1.17 bits per heavy atom. The standard InChI is InChI=1S/C26H38F2N6O/c1-18(2)24-32-31-19(3)34(24)22-8-14-33(15-9-22)16-10-23(21-5-4-13-29-17-21)30-25(35)20-6-11-26(27,28)12-7-20/h4-5,13,17-18,20,22-23H,6-12,14-16H2,1-3H3,(H,30,35)/t23-/m0/s1. The van der Waals surface area contributed by atoms with E-state index in [0.717, 1.165) is 56.1 Å². The number of carbonyl (C=O) groups excluding carboxylic acids is 1. The average molecular weight is 489 g/mol. The van der Waals surface area contributed by atoms with Crippen LogP contribution in [-0.2, 0) is 4.79 Å². The molecule has 1 atom stereocenters. The lowest BCUT2D eigenvalue weighted by molar-refractivity contribution is -0.130. The van der Waals surface area contributed by atoms with Crippen LogP contribution in [-0.4, -0.2) is 56.1 Å². The molecule has 1 N–H and O–H groups in total. The number of pyridine rings is 1. The minimum Gasteiger partial charge on any atom is -0.349 e. The number of aryl methyl sites for hydroxylation is 1. The van der Waals surface area contributed by atoms with Crippen molar-refractivity contribution in [2.75, 3.05) is 19.6 Å². The topological polar surface area (TPSA) is 75.9 Å². The van der Waals surface area contributed by atoms with Crippen LogP contribution in [0.15, 0.2) is 24.5 Å². The molecule has 2 aromatic rings. The number of hydrogen-bond acceptors (Lipinski definition) is 5. The molecule has 0 radical (unpaired) electrons. The number of carbonyl (C=O) groups is 1. The molecular weight excluding hydrogens is 450 g/mol. The SMILES string of the molecule is Cc1nnc(C(C)C)n1C1CCN(CC[C@H](NC(=O)C2CCC(F)(F)CC2)c2cccnc2)CC1. The molecule has 0 aromatic carbocycles. The molecule has 2 aromatic heterocycles. The highest BCUT2D eigenvalue weighted by molar-refractivity contribution is 5.79. The minimum atomic E-state index is -2.63. The van der Waals surface area contributed by atoms with Crippen molar-refractivity contribution in [3.05, 3.63) is 41.7 Å². The van der Waals surface area contributed by atoms with E-state index >= 15 is 0 Å². The van der Waals surface area contributed by atoms with Gasteiger partial charge in [-0.1, -0.05) is 19.9 Å². The molecule has 192 valence electrons. The third-order valence-electron chi connectivity index (χ3n) is 7.56. The van der Waals surface area contributed by atoms with Crippen molar-refractivity contribution in [1.29, 1.82) is 0 Å². The summed E-state index contributed by atoms with van der Waals surface area (Å²) in [6.07, 6.45) is 6.42. The van der Waals surface area contributed by atoms with Gasteiger partial charge in [0.15, 0.2) is 0 Å². The van der Waals surface area contributed by atoms with Gasteiger partial charge < -0.3 is 14.8 Å². The van der Waals surface area contributed by atoms with Crippen molar-refractivity contribution in [2.45, 2.75) is 89.6 Å². The molecule has 1 saturated carbocycles. The Morgan fingerprint density at radius 2 is 1.89 bits per heavy atom. The van der Waals surface area contributed by atoms with Gasteiger partial charge in [0.05, 0.1) is 6.04 Å². The second-order valence-electron chi connectivity index (χ2n) is 10.5. The zero-order valence-corrected chi connectivity index (χ0v) is 21.1. The zero-order valence-electron chi connectivity index (χ0n) is 21.1. The van der Waals surface area contributed by atoms with Gasteiger partial charge in [-0.2, -0.15) is 0 Å². The highest BCUT2D eigenvalue weighted by Gasteiger charge is 2.38. The lowest BCUT2D eigenvalue weighted by Gasteiger charge is -2.35. The van der Waals surface area contributed by atoms with E-state index in [1.165, 1.54) is 0 Å². The van der Waals surface area contributed by atoms with E-state index in [9.17, 15) is 13.6 Å². The highest BCUT2D eigenvalue weighted by atomic mass is 19.3. The molecule has 1 amide bonds. The summed E-state index contributed by atoms with van der Waals surface area (Å²) in [5.74, 6) is -0.710. The molecule has 3 heterocycles. The number of piperidine rings is 1. The van der Waals surface area contributed by atoms with Crippen LogP contribution in [0.2, 0.25) is 0 Å². The van der Waals surface area contributed by atoms with Gasteiger partial charge in [-0.15, -0.1) is 10.2 Å². The summed E-state index contributed by atoms with van der Waals surface area (Å²) in [4.78, 5) is 19.6. The average Bonchev–Trinajstić information content (AvgIpc) is 3.24. The fourth-order valence-corrected chi connectivity index (χ4v) is 5.44. The predicted molar refractivity (Wildman–Crippen MR) is 130 cm³/mol. The van der Waals surface area contributed by atoms with Gasteiger partial charge in [0.1, 0.15) is 11.6 Å². The predicted octanol–water partition coefficient (Wildman–Crippen LogP) is 4.81. The summed E-state index contributed by atoms with van der Waals surface area (Å²) < 4.78 is 29.4. The quantitative estimate of drug-likeness (QED) is 0.577. The van der Waals surface area contributed by atoms with Gasteiger partial charge in [-0.05, 0) is 50.7 Å². The van der Waals surface area contributed by atoms with Crippen LogP contribution < -0.4 is 5.32 Å². The lowest BCUT2D eigenvalue weighted by Crippen LogP contribution is -2.40. The number of nitrogens with one attached hydrogen (secondary N) is 1. The van der Waals surface area contributed by atoms with E-state index in [1.807, 2.05) is 19.1 Å². The van der Waals surface area contributed by atoms with Crippen molar-refractivity contribution < 1.29 is 13.6 Å². The molecule has 0 unspecified atom stereocenters. The van der Waals surface area contributed by atoms with E-state index in [-0.39, 0.29) is 43.6 Å². The van der Waals surface area contributed by atoms with E-state index in [2.05, 4.69) is 43.8 Å². The van der Waals surface area contributed by atoms with E-state index < -0.39 is 5.92 Å². The fraction of sp³-hybridized carbons (Fsp3) is 0.692. The van der Waals surface area contributed by atoms with Gasteiger partial charge in [-0.3, -0.25) is 9.78 Å². The fourth-order valence-electron chi connectivity index (χ4n) is 5.44. The molecule has 0 bridgehead atoms. The van der Waals surface area contributed by atoms with Gasteiger partial charge in [0, 0.05) is 62.7 Å². The van der Waals surface area contributed by atoms with Gasteiger partial charge >= 0.3 is 0 Å². The van der Waals surface area contributed by atoms with Gasteiger partial charge in [0.25, 0.3) is 0 Å². The van der Waals surface area contributed by atoms with Crippen molar-refractivity contribution in [2.24, 2.45) is 5.92 Å².